The smallest absolute Gasteiger partial charge is 0.255 e. The van der Waals surface area contributed by atoms with Crippen LogP contribution in [0.15, 0.2) is 22.7 Å². The largest absolute Gasteiger partial charge is 0.497 e. The summed E-state index contributed by atoms with van der Waals surface area (Å²) in [6, 6.07) is 5.40. The van der Waals surface area contributed by atoms with Gasteiger partial charge in [0.1, 0.15) is 5.75 Å². The Kier molecular flexibility index (Phi) is 4.24. The summed E-state index contributed by atoms with van der Waals surface area (Å²) in [7, 11) is 1.59. The van der Waals surface area contributed by atoms with E-state index in [1.165, 1.54) is 0 Å². The fraction of sp³-hybridized carbons (Fsp3) is 0.462. The lowest BCUT2D eigenvalue weighted by Gasteiger charge is -2.38. The van der Waals surface area contributed by atoms with E-state index in [1.807, 2.05) is 19.1 Å². The van der Waals surface area contributed by atoms with Crippen LogP contribution in [0, 0.1) is 0 Å². The van der Waals surface area contributed by atoms with Crippen molar-refractivity contribution >= 4 is 21.8 Å². The van der Waals surface area contributed by atoms with Crippen molar-refractivity contribution in [1.29, 1.82) is 0 Å². The first-order valence-corrected chi connectivity index (χ1v) is 6.69. The van der Waals surface area contributed by atoms with Gasteiger partial charge in [0.2, 0.25) is 0 Å². The lowest BCUT2D eigenvalue weighted by atomic mass is 10.1. The minimum absolute atomic E-state index is 0.0109. The molecule has 1 amide bonds. The Labute approximate surface area is 115 Å². The monoisotopic (exact) mass is 313 g/mol. The molecule has 98 valence electrons. The van der Waals surface area contributed by atoms with E-state index in [2.05, 4.69) is 15.9 Å². The fourth-order valence-corrected chi connectivity index (χ4v) is 2.33. The maximum absolute atomic E-state index is 12.3. The number of ether oxygens (including phenoxy) is 2. The topological polar surface area (TPSA) is 38.8 Å². The first-order chi connectivity index (χ1) is 8.65. The number of nitrogens with zero attached hydrogens (tertiary/aromatic N) is 1. The highest BCUT2D eigenvalue weighted by molar-refractivity contribution is 9.10. The molecule has 0 radical (unpaired) electrons. The molecule has 18 heavy (non-hydrogen) atoms. The molecule has 1 saturated heterocycles. The van der Waals surface area contributed by atoms with Gasteiger partial charge in [-0.05, 0) is 41.1 Å². The number of methoxy groups -OCH3 is 1. The number of carbonyl (C=O) groups excluding carboxylic acids is 1. The van der Waals surface area contributed by atoms with Crippen LogP contribution in [0.2, 0.25) is 0 Å². The molecular formula is C13H16BrNO3. The van der Waals surface area contributed by atoms with Crippen LogP contribution >= 0.6 is 15.9 Å². The Morgan fingerprint density at radius 3 is 2.83 bits per heavy atom. The molecule has 1 heterocycles. The highest BCUT2D eigenvalue weighted by atomic mass is 79.9. The molecule has 1 fully saturated rings. The van der Waals surface area contributed by atoms with Gasteiger partial charge in [0, 0.05) is 24.2 Å². The molecule has 0 unspecified atom stereocenters. The van der Waals surface area contributed by atoms with Gasteiger partial charge in [-0.1, -0.05) is 0 Å². The van der Waals surface area contributed by atoms with Crippen molar-refractivity contribution in [1.82, 2.24) is 4.90 Å². The average molecular weight is 314 g/mol. The summed E-state index contributed by atoms with van der Waals surface area (Å²) in [4.78, 5) is 14.0. The van der Waals surface area contributed by atoms with E-state index in [0.29, 0.717) is 31.0 Å². The fourth-order valence-electron chi connectivity index (χ4n) is 1.91. The Morgan fingerprint density at radius 1 is 1.50 bits per heavy atom. The van der Waals surface area contributed by atoms with Crippen LogP contribution in [0.1, 0.15) is 17.3 Å². The van der Waals surface area contributed by atoms with Gasteiger partial charge in [-0.15, -0.1) is 0 Å². The van der Waals surface area contributed by atoms with Crippen LogP contribution in [0.5, 0.6) is 5.75 Å². The lowest BCUT2D eigenvalue weighted by molar-refractivity contribution is -0.0378. The van der Waals surface area contributed by atoms with Gasteiger partial charge >= 0.3 is 0 Å². The molecule has 2 rings (SSSR count). The molecule has 1 aliphatic heterocycles. The van der Waals surface area contributed by atoms with E-state index in [9.17, 15) is 4.79 Å². The van der Waals surface area contributed by atoms with Crippen molar-refractivity contribution in [2.45, 2.75) is 13.0 Å². The van der Waals surface area contributed by atoms with Crippen molar-refractivity contribution in [3.63, 3.8) is 0 Å². The number of amides is 1. The zero-order valence-corrected chi connectivity index (χ0v) is 12.1. The van der Waals surface area contributed by atoms with Gasteiger partial charge in [0.05, 0.1) is 18.8 Å². The number of hydrogen-bond acceptors (Lipinski definition) is 3. The van der Waals surface area contributed by atoms with Gasteiger partial charge in [0.15, 0.2) is 0 Å². The molecule has 0 atom stereocenters. The van der Waals surface area contributed by atoms with E-state index in [0.717, 1.165) is 4.47 Å². The predicted octanol–water partition coefficient (Wildman–Crippen LogP) is 2.32. The van der Waals surface area contributed by atoms with Crippen molar-refractivity contribution in [3.8, 4) is 5.75 Å². The third kappa shape index (κ3) is 2.67. The molecule has 0 bridgehead atoms. The van der Waals surface area contributed by atoms with Crippen molar-refractivity contribution in [2.75, 3.05) is 26.8 Å². The summed E-state index contributed by atoms with van der Waals surface area (Å²) in [5.41, 5.74) is 0.629. The third-order valence-corrected chi connectivity index (χ3v) is 3.63. The SMILES string of the molecule is CCOC1CN(C(=O)c2cc(OC)ccc2Br)C1. The number of carbonyl (C=O) groups is 1. The van der Waals surface area contributed by atoms with E-state index in [4.69, 9.17) is 9.47 Å². The van der Waals surface area contributed by atoms with Crippen molar-refractivity contribution in [2.24, 2.45) is 0 Å². The number of likely N-dealkylation sites (tertiary alicyclic amines) is 1. The Hall–Kier alpha value is -1.07. The Morgan fingerprint density at radius 2 is 2.22 bits per heavy atom. The van der Waals surface area contributed by atoms with E-state index < -0.39 is 0 Å². The maximum atomic E-state index is 12.3. The summed E-state index contributed by atoms with van der Waals surface area (Å²) in [6.07, 6.45) is 0.184. The molecule has 0 aliphatic carbocycles. The normalized spacial score (nSPS) is 15.4. The summed E-state index contributed by atoms with van der Waals surface area (Å²) in [5.74, 6) is 0.695. The molecule has 1 aromatic carbocycles. The number of hydrogen-bond donors (Lipinski definition) is 0. The molecule has 1 aliphatic rings. The highest BCUT2D eigenvalue weighted by Gasteiger charge is 2.32. The van der Waals surface area contributed by atoms with Gasteiger partial charge in [-0.2, -0.15) is 0 Å². The van der Waals surface area contributed by atoms with E-state index in [1.54, 1.807) is 18.1 Å². The number of benzene rings is 1. The Balaban J connectivity index is 2.06. The molecule has 0 spiro atoms. The minimum Gasteiger partial charge on any atom is -0.497 e. The van der Waals surface area contributed by atoms with E-state index in [-0.39, 0.29) is 12.0 Å². The lowest BCUT2D eigenvalue weighted by Crippen LogP contribution is -2.54. The van der Waals surface area contributed by atoms with Crippen molar-refractivity contribution < 1.29 is 14.3 Å². The van der Waals surface area contributed by atoms with Gasteiger partial charge in [-0.25, -0.2) is 0 Å². The van der Waals surface area contributed by atoms with Gasteiger partial charge in [0.25, 0.3) is 5.91 Å². The van der Waals surface area contributed by atoms with Crippen LogP contribution in [-0.2, 0) is 4.74 Å². The highest BCUT2D eigenvalue weighted by Crippen LogP contribution is 2.25. The molecule has 0 N–H and O–H groups in total. The van der Waals surface area contributed by atoms with E-state index >= 15 is 0 Å². The number of halogens is 1. The van der Waals surface area contributed by atoms with Crippen LogP contribution in [0.4, 0.5) is 0 Å². The van der Waals surface area contributed by atoms with Crippen LogP contribution < -0.4 is 4.74 Å². The minimum atomic E-state index is 0.0109. The summed E-state index contributed by atoms with van der Waals surface area (Å²) < 4.78 is 11.4. The standard InChI is InChI=1S/C13H16BrNO3/c1-3-18-10-7-15(8-10)13(16)11-6-9(17-2)4-5-12(11)14/h4-6,10H,3,7-8H2,1-2H3. The molecule has 5 heteroatoms. The second kappa shape index (κ2) is 5.71. The Bertz CT molecular complexity index is 444. The second-order valence-electron chi connectivity index (χ2n) is 4.13. The first kappa shape index (κ1) is 13.4. The quantitative estimate of drug-likeness (QED) is 0.856. The molecule has 0 saturated carbocycles. The molecule has 4 nitrogen and oxygen atoms in total. The molecule has 0 aromatic heterocycles. The van der Waals surface area contributed by atoms with Crippen LogP contribution in [-0.4, -0.2) is 43.7 Å². The summed E-state index contributed by atoms with van der Waals surface area (Å²) >= 11 is 3.39. The maximum Gasteiger partial charge on any atom is 0.255 e. The van der Waals surface area contributed by atoms with Gasteiger partial charge < -0.3 is 14.4 Å². The summed E-state index contributed by atoms with van der Waals surface area (Å²) in [5, 5.41) is 0. The number of rotatable bonds is 4. The van der Waals surface area contributed by atoms with Gasteiger partial charge in [-0.3, -0.25) is 4.79 Å². The molecule has 1 aromatic rings. The summed E-state index contributed by atoms with van der Waals surface area (Å²) in [6.45, 7) is 3.98. The van der Waals surface area contributed by atoms with Crippen LogP contribution in [0.3, 0.4) is 0 Å². The third-order valence-electron chi connectivity index (χ3n) is 2.94. The first-order valence-electron chi connectivity index (χ1n) is 5.90. The second-order valence-corrected chi connectivity index (χ2v) is 4.99. The molecular weight excluding hydrogens is 298 g/mol. The zero-order chi connectivity index (χ0) is 13.1. The van der Waals surface area contributed by atoms with Crippen molar-refractivity contribution in [3.05, 3.63) is 28.2 Å². The predicted molar refractivity (Wildman–Crippen MR) is 72.0 cm³/mol. The average Bonchev–Trinajstić information content (AvgIpc) is 2.33. The van der Waals surface area contributed by atoms with Crippen LogP contribution in [0.25, 0.3) is 0 Å². The zero-order valence-electron chi connectivity index (χ0n) is 10.5.